The van der Waals surface area contributed by atoms with Crippen LogP contribution in [0.1, 0.15) is 18.4 Å². The van der Waals surface area contributed by atoms with E-state index in [-0.39, 0.29) is 6.03 Å². The number of carbonyl (C=O) groups is 1. The highest BCUT2D eigenvalue weighted by Gasteiger charge is 2.16. The number of hydrogen-bond donors (Lipinski definition) is 2. The number of nitrogens with one attached hydrogen (secondary N) is 2. The van der Waals surface area contributed by atoms with Crippen molar-refractivity contribution < 1.29 is 4.79 Å². The summed E-state index contributed by atoms with van der Waals surface area (Å²) in [6, 6.07) is 0.0312. The molecule has 0 bridgehead atoms. The first kappa shape index (κ1) is 9.05. The van der Waals surface area contributed by atoms with Gasteiger partial charge in [0.05, 0.1) is 6.20 Å². The first-order valence-corrected chi connectivity index (χ1v) is 4.87. The van der Waals surface area contributed by atoms with Gasteiger partial charge in [0.15, 0.2) is 0 Å². The number of amides is 2. The van der Waals surface area contributed by atoms with Crippen LogP contribution in [0.2, 0.25) is 0 Å². The smallest absolute Gasteiger partial charge is 0.317 e. The number of nitrogens with zero attached hydrogens (tertiary/aromatic N) is 2. The molecule has 0 spiro atoms. The second kappa shape index (κ2) is 4.13. The van der Waals surface area contributed by atoms with Crippen LogP contribution in [-0.2, 0) is 6.54 Å². The van der Waals surface area contributed by atoms with Gasteiger partial charge in [-0.1, -0.05) is 0 Å². The van der Waals surface area contributed by atoms with Crippen LogP contribution in [0.15, 0.2) is 12.4 Å². The number of hydrogen-bond acceptors (Lipinski definition) is 2. The molecule has 2 N–H and O–H groups in total. The zero-order chi connectivity index (χ0) is 9.80. The van der Waals surface area contributed by atoms with E-state index in [1.807, 2.05) is 4.90 Å². The van der Waals surface area contributed by atoms with Gasteiger partial charge in [-0.2, -0.15) is 5.10 Å². The topological polar surface area (TPSA) is 61.0 Å². The van der Waals surface area contributed by atoms with E-state index in [2.05, 4.69) is 15.5 Å². The summed E-state index contributed by atoms with van der Waals surface area (Å²) < 4.78 is 0. The summed E-state index contributed by atoms with van der Waals surface area (Å²) in [6.45, 7) is 2.32. The van der Waals surface area contributed by atoms with E-state index in [0.29, 0.717) is 6.54 Å². The van der Waals surface area contributed by atoms with Crippen molar-refractivity contribution in [2.24, 2.45) is 0 Å². The van der Waals surface area contributed by atoms with Crippen molar-refractivity contribution in [2.75, 3.05) is 13.1 Å². The largest absolute Gasteiger partial charge is 0.334 e. The van der Waals surface area contributed by atoms with Crippen molar-refractivity contribution in [3.05, 3.63) is 18.0 Å². The monoisotopic (exact) mass is 194 g/mol. The van der Waals surface area contributed by atoms with E-state index in [0.717, 1.165) is 31.5 Å². The lowest BCUT2D eigenvalue weighted by atomic mass is 10.4. The van der Waals surface area contributed by atoms with Gasteiger partial charge in [0.1, 0.15) is 0 Å². The molecule has 0 unspecified atom stereocenters. The highest BCUT2D eigenvalue weighted by molar-refractivity contribution is 5.74. The zero-order valence-corrected chi connectivity index (χ0v) is 7.99. The van der Waals surface area contributed by atoms with E-state index in [1.54, 1.807) is 12.4 Å². The third-order valence-electron chi connectivity index (χ3n) is 2.39. The summed E-state index contributed by atoms with van der Waals surface area (Å²) in [6.07, 6.45) is 5.74. The number of likely N-dealkylation sites (tertiary alicyclic amines) is 1. The summed E-state index contributed by atoms with van der Waals surface area (Å²) in [7, 11) is 0. The van der Waals surface area contributed by atoms with Crippen molar-refractivity contribution in [2.45, 2.75) is 19.4 Å². The molecule has 1 aliphatic rings. The van der Waals surface area contributed by atoms with Gasteiger partial charge in [-0.15, -0.1) is 0 Å². The summed E-state index contributed by atoms with van der Waals surface area (Å²) in [5, 5.41) is 9.37. The van der Waals surface area contributed by atoms with Crippen LogP contribution in [0, 0.1) is 0 Å². The predicted octanol–water partition coefficient (Wildman–Crippen LogP) is 0.715. The van der Waals surface area contributed by atoms with Crippen molar-refractivity contribution in [1.82, 2.24) is 20.4 Å². The Morgan fingerprint density at radius 2 is 2.36 bits per heavy atom. The van der Waals surface area contributed by atoms with Crippen molar-refractivity contribution in [3.8, 4) is 0 Å². The molecule has 2 rings (SSSR count). The molecule has 14 heavy (non-hydrogen) atoms. The van der Waals surface area contributed by atoms with E-state index >= 15 is 0 Å². The van der Waals surface area contributed by atoms with Crippen molar-refractivity contribution >= 4 is 6.03 Å². The van der Waals surface area contributed by atoms with Crippen LogP contribution >= 0.6 is 0 Å². The molecule has 5 heteroatoms. The minimum Gasteiger partial charge on any atom is -0.334 e. The molecule has 1 saturated heterocycles. The van der Waals surface area contributed by atoms with Crippen LogP contribution in [0.5, 0.6) is 0 Å². The van der Waals surface area contributed by atoms with Gasteiger partial charge >= 0.3 is 6.03 Å². The quantitative estimate of drug-likeness (QED) is 0.728. The fraction of sp³-hybridized carbons (Fsp3) is 0.556. The molecule has 76 valence electrons. The predicted molar refractivity (Wildman–Crippen MR) is 51.6 cm³/mol. The van der Waals surface area contributed by atoms with Crippen LogP contribution in [0.3, 0.4) is 0 Å². The lowest BCUT2D eigenvalue weighted by Gasteiger charge is -2.15. The molecule has 1 fully saturated rings. The molecule has 1 aromatic heterocycles. The molecule has 0 saturated carbocycles. The summed E-state index contributed by atoms with van der Waals surface area (Å²) in [5.41, 5.74) is 0.998. The average molecular weight is 194 g/mol. The third-order valence-corrected chi connectivity index (χ3v) is 2.39. The number of aromatic amines is 1. The lowest BCUT2D eigenvalue weighted by molar-refractivity contribution is 0.208. The van der Waals surface area contributed by atoms with Gasteiger partial charge in [0.25, 0.3) is 0 Å². The minimum absolute atomic E-state index is 0.0312. The normalized spacial score (nSPS) is 15.9. The Kier molecular flexibility index (Phi) is 2.67. The van der Waals surface area contributed by atoms with Crippen LogP contribution in [0.25, 0.3) is 0 Å². The molecular formula is C9H14N4O. The van der Waals surface area contributed by atoms with Crippen molar-refractivity contribution in [1.29, 1.82) is 0 Å². The SMILES string of the molecule is O=C(NCc1cn[nH]c1)N1CCCC1. The Morgan fingerprint density at radius 3 is 3.00 bits per heavy atom. The van der Waals surface area contributed by atoms with Gasteiger partial charge in [0, 0.05) is 31.4 Å². The first-order valence-electron chi connectivity index (χ1n) is 4.87. The highest BCUT2D eigenvalue weighted by atomic mass is 16.2. The van der Waals surface area contributed by atoms with Gasteiger partial charge in [-0.05, 0) is 12.8 Å². The molecule has 2 heterocycles. The first-order chi connectivity index (χ1) is 6.86. The Labute approximate surface area is 82.5 Å². The Balaban J connectivity index is 1.77. The third kappa shape index (κ3) is 2.04. The highest BCUT2D eigenvalue weighted by Crippen LogP contribution is 2.07. The number of urea groups is 1. The van der Waals surface area contributed by atoms with Gasteiger partial charge in [0.2, 0.25) is 0 Å². The minimum atomic E-state index is 0.0312. The van der Waals surface area contributed by atoms with E-state index in [4.69, 9.17) is 0 Å². The summed E-state index contributed by atoms with van der Waals surface area (Å²) in [5.74, 6) is 0. The molecule has 0 aliphatic carbocycles. The maximum atomic E-state index is 11.5. The second-order valence-corrected chi connectivity index (χ2v) is 3.46. The maximum Gasteiger partial charge on any atom is 0.317 e. The van der Waals surface area contributed by atoms with Gasteiger partial charge in [-0.3, -0.25) is 5.10 Å². The van der Waals surface area contributed by atoms with Gasteiger partial charge in [-0.25, -0.2) is 4.79 Å². The maximum absolute atomic E-state index is 11.5. The number of carbonyl (C=O) groups excluding carboxylic acids is 1. The Hall–Kier alpha value is -1.52. The molecule has 0 radical (unpaired) electrons. The molecule has 0 atom stereocenters. The Morgan fingerprint density at radius 1 is 1.57 bits per heavy atom. The zero-order valence-electron chi connectivity index (χ0n) is 7.99. The standard InChI is InChI=1S/C9H14N4O/c14-9(13-3-1-2-4-13)10-5-8-6-11-12-7-8/h6-7H,1-5H2,(H,10,14)(H,11,12). The molecule has 0 aromatic carbocycles. The second-order valence-electron chi connectivity index (χ2n) is 3.46. The molecule has 1 aliphatic heterocycles. The molecule has 5 nitrogen and oxygen atoms in total. The van der Waals surface area contributed by atoms with Crippen LogP contribution < -0.4 is 5.32 Å². The average Bonchev–Trinajstić information content (AvgIpc) is 2.87. The van der Waals surface area contributed by atoms with E-state index in [1.165, 1.54) is 0 Å². The molecule has 2 amide bonds. The van der Waals surface area contributed by atoms with E-state index in [9.17, 15) is 4.79 Å². The molecule has 1 aromatic rings. The number of rotatable bonds is 2. The van der Waals surface area contributed by atoms with Crippen molar-refractivity contribution in [3.63, 3.8) is 0 Å². The van der Waals surface area contributed by atoms with Gasteiger partial charge < -0.3 is 10.2 Å². The van der Waals surface area contributed by atoms with Crippen LogP contribution in [-0.4, -0.2) is 34.2 Å². The Bertz CT molecular complexity index is 290. The number of H-pyrrole nitrogens is 1. The van der Waals surface area contributed by atoms with E-state index < -0.39 is 0 Å². The lowest BCUT2D eigenvalue weighted by Crippen LogP contribution is -2.37. The summed E-state index contributed by atoms with van der Waals surface area (Å²) in [4.78, 5) is 13.4. The summed E-state index contributed by atoms with van der Waals surface area (Å²) >= 11 is 0. The fourth-order valence-electron chi connectivity index (χ4n) is 1.58. The number of aromatic nitrogens is 2. The fourth-order valence-corrected chi connectivity index (χ4v) is 1.58. The molecular weight excluding hydrogens is 180 g/mol. The van der Waals surface area contributed by atoms with Crippen LogP contribution in [0.4, 0.5) is 4.79 Å².